The summed E-state index contributed by atoms with van der Waals surface area (Å²) in [6, 6.07) is 11.5. The van der Waals surface area contributed by atoms with Gasteiger partial charge in [0.25, 0.3) is 0 Å². The highest BCUT2D eigenvalue weighted by Crippen LogP contribution is 2.45. The number of phenolic OH excluding ortho intramolecular Hbond substituents is 1. The Hall–Kier alpha value is -1.85. The lowest BCUT2D eigenvalue weighted by Crippen LogP contribution is -2.40. The molecule has 2 heterocycles. The largest absolute Gasteiger partial charge is 0.507 e. The van der Waals surface area contributed by atoms with E-state index in [0.717, 1.165) is 46.7 Å². The number of hydrogen-bond acceptors (Lipinski definition) is 5. The van der Waals surface area contributed by atoms with Gasteiger partial charge in [0.1, 0.15) is 11.5 Å². The molecule has 0 unspecified atom stereocenters. The van der Waals surface area contributed by atoms with E-state index in [9.17, 15) is 5.11 Å². The van der Waals surface area contributed by atoms with Crippen molar-refractivity contribution in [1.82, 2.24) is 5.01 Å². The van der Waals surface area contributed by atoms with Crippen LogP contribution in [0.3, 0.4) is 0 Å². The quantitative estimate of drug-likeness (QED) is 0.802. The molecule has 0 saturated carbocycles. The van der Waals surface area contributed by atoms with Crippen LogP contribution in [0.25, 0.3) is 0 Å². The van der Waals surface area contributed by atoms with E-state index in [4.69, 9.17) is 21.4 Å². The highest BCUT2D eigenvalue weighted by Gasteiger charge is 2.40. The lowest BCUT2D eigenvalue weighted by Gasteiger charge is -2.38. The van der Waals surface area contributed by atoms with Gasteiger partial charge in [-0.25, -0.2) is 0 Å². The number of benzene rings is 2. The van der Waals surface area contributed by atoms with Crippen molar-refractivity contribution in [3.05, 3.63) is 58.1 Å². The Morgan fingerprint density at radius 3 is 2.96 bits per heavy atom. The zero-order valence-electron chi connectivity index (χ0n) is 14.8. The van der Waals surface area contributed by atoms with E-state index in [0.29, 0.717) is 5.02 Å². The summed E-state index contributed by atoms with van der Waals surface area (Å²) in [5.74, 6) is 2.14. The van der Waals surface area contributed by atoms with E-state index in [1.165, 1.54) is 0 Å². The number of hydrazone groups is 1. The number of nitrogens with zero attached hydrogens (tertiary/aromatic N) is 2. The number of halogens is 1. The number of aromatic hydroxyl groups is 1. The first-order chi connectivity index (χ1) is 12.6. The van der Waals surface area contributed by atoms with Gasteiger partial charge in [-0.15, -0.1) is 0 Å². The van der Waals surface area contributed by atoms with Crippen LogP contribution in [-0.4, -0.2) is 34.1 Å². The van der Waals surface area contributed by atoms with E-state index in [1.54, 1.807) is 17.8 Å². The lowest BCUT2D eigenvalue weighted by atomic mass is 9.95. The molecule has 2 aromatic rings. The first kappa shape index (κ1) is 17.6. The van der Waals surface area contributed by atoms with Gasteiger partial charge in [0.2, 0.25) is 0 Å². The maximum atomic E-state index is 10.3. The zero-order chi connectivity index (χ0) is 18.3. The van der Waals surface area contributed by atoms with Crippen molar-refractivity contribution in [2.75, 3.05) is 12.0 Å². The molecule has 1 N–H and O–H groups in total. The summed E-state index contributed by atoms with van der Waals surface area (Å²) in [6.45, 7) is 2.02. The minimum atomic E-state index is -0.106. The average molecular weight is 389 g/mol. The number of rotatable bonds is 4. The predicted molar refractivity (Wildman–Crippen MR) is 107 cm³/mol. The first-order valence-corrected chi connectivity index (χ1v) is 10.4. The molecule has 6 heteroatoms. The van der Waals surface area contributed by atoms with Gasteiger partial charge in [-0.3, -0.25) is 5.01 Å². The molecule has 0 radical (unpaired) electrons. The monoisotopic (exact) mass is 388 g/mol. The molecule has 4 nitrogen and oxygen atoms in total. The van der Waals surface area contributed by atoms with Crippen LogP contribution >= 0.6 is 23.4 Å². The van der Waals surface area contributed by atoms with Gasteiger partial charge in [-0.2, -0.15) is 16.9 Å². The van der Waals surface area contributed by atoms with Crippen molar-refractivity contribution in [2.45, 2.75) is 32.0 Å². The molecule has 0 fully saturated rings. The highest BCUT2D eigenvalue weighted by molar-refractivity contribution is 7.98. The lowest BCUT2D eigenvalue weighted by molar-refractivity contribution is -0.0180. The van der Waals surface area contributed by atoms with Crippen LogP contribution in [0, 0.1) is 6.92 Å². The van der Waals surface area contributed by atoms with Crippen molar-refractivity contribution in [3.8, 4) is 11.5 Å². The van der Waals surface area contributed by atoms with Crippen LogP contribution in [0.1, 0.15) is 35.6 Å². The molecule has 26 heavy (non-hydrogen) atoms. The van der Waals surface area contributed by atoms with Gasteiger partial charge in [0.05, 0.1) is 11.8 Å². The Kier molecular flexibility index (Phi) is 4.76. The van der Waals surface area contributed by atoms with E-state index >= 15 is 0 Å². The molecule has 0 spiro atoms. The van der Waals surface area contributed by atoms with Gasteiger partial charge in [0, 0.05) is 29.0 Å². The molecule has 0 aromatic heterocycles. The summed E-state index contributed by atoms with van der Waals surface area (Å²) >= 11 is 8.03. The van der Waals surface area contributed by atoms with Crippen LogP contribution in [0.2, 0.25) is 5.02 Å². The molecule has 4 rings (SSSR count). The van der Waals surface area contributed by atoms with Gasteiger partial charge >= 0.3 is 0 Å². The molecular weight excluding hydrogens is 368 g/mol. The van der Waals surface area contributed by atoms with E-state index < -0.39 is 0 Å². The van der Waals surface area contributed by atoms with Crippen molar-refractivity contribution in [3.63, 3.8) is 0 Å². The minimum absolute atomic E-state index is 0.0826. The molecule has 2 aliphatic heterocycles. The van der Waals surface area contributed by atoms with Crippen LogP contribution in [0.5, 0.6) is 11.5 Å². The third-order valence-electron chi connectivity index (χ3n) is 4.86. The van der Waals surface area contributed by atoms with Crippen molar-refractivity contribution >= 4 is 29.1 Å². The number of phenols is 1. The second-order valence-electron chi connectivity index (χ2n) is 6.70. The Morgan fingerprint density at radius 2 is 2.15 bits per heavy atom. The van der Waals surface area contributed by atoms with Crippen molar-refractivity contribution < 1.29 is 9.84 Å². The van der Waals surface area contributed by atoms with Crippen molar-refractivity contribution in [1.29, 1.82) is 0 Å². The Bertz CT molecular complexity index is 871. The summed E-state index contributed by atoms with van der Waals surface area (Å²) < 4.78 is 6.23. The van der Waals surface area contributed by atoms with Gasteiger partial charge in [0.15, 0.2) is 6.23 Å². The Balaban J connectivity index is 1.74. The topological polar surface area (TPSA) is 45.1 Å². The fraction of sp³-hybridized carbons (Fsp3) is 0.350. The summed E-state index contributed by atoms with van der Waals surface area (Å²) in [5.41, 5.74) is 3.85. The number of hydrogen-bond donors (Lipinski definition) is 1. The van der Waals surface area contributed by atoms with Crippen molar-refractivity contribution in [2.24, 2.45) is 5.10 Å². The Labute approximate surface area is 162 Å². The van der Waals surface area contributed by atoms with E-state index in [1.807, 2.05) is 42.3 Å². The average Bonchev–Trinajstić information content (AvgIpc) is 3.07. The third-order valence-corrected chi connectivity index (χ3v) is 5.74. The highest BCUT2D eigenvalue weighted by atomic mass is 35.5. The number of fused-ring (bicyclic) bond motifs is 3. The summed E-state index contributed by atoms with van der Waals surface area (Å²) in [5, 5.41) is 17.9. The molecule has 136 valence electrons. The fourth-order valence-electron chi connectivity index (χ4n) is 3.59. The van der Waals surface area contributed by atoms with E-state index in [-0.39, 0.29) is 18.0 Å². The summed E-state index contributed by atoms with van der Waals surface area (Å²) in [7, 11) is 0. The molecule has 0 aliphatic carbocycles. The smallest absolute Gasteiger partial charge is 0.188 e. The minimum Gasteiger partial charge on any atom is -0.507 e. The molecule has 2 aliphatic rings. The van der Waals surface area contributed by atoms with Crippen LogP contribution in [0.15, 0.2) is 41.5 Å². The van der Waals surface area contributed by atoms with E-state index in [2.05, 4.69) is 6.26 Å². The number of ether oxygens (including phenoxy) is 1. The normalized spacial score (nSPS) is 21.0. The summed E-state index contributed by atoms with van der Waals surface area (Å²) in [6.07, 6.45) is 3.60. The number of aryl methyl sites for hydroxylation is 1. The first-order valence-electron chi connectivity index (χ1n) is 8.67. The fourth-order valence-corrected chi connectivity index (χ4v) is 4.20. The standard InChI is InChI=1S/C20H21ClN2O2S/c1-12-3-5-18(24)14(9-12)16-11-17-15-10-13(21)4-6-19(15)25-20(7-8-26-2)23(17)22-16/h3-6,9-10,17,20,24H,7-8,11H2,1-2H3/t17-,20-/m1/s1. The molecule has 2 atom stereocenters. The van der Waals surface area contributed by atoms with Crippen LogP contribution in [-0.2, 0) is 0 Å². The maximum Gasteiger partial charge on any atom is 0.188 e. The SMILES string of the molecule is CSCC[C@H]1Oc2ccc(Cl)cc2[C@H]2CC(c3cc(C)ccc3O)=NN21. The van der Waals surface area contributed by atoms with Crippen LogP contribution < -0.4 is 4.74 Å². The zero-order valence-corrected chi connectivity index (χ0v) is 16.3. The molecule has 0 amide bonds. The molecule has 2 aromatic carbocycles. The molecular formula is C20H21ClN2O2S. The molecule has 0 bridgehead atoms. The predicted octanol–water partition coefficient (Wildman–Crippen LogP) is 4.98. The third kappa shape index (κ3) is 3.14. The van der Waals surface area contributed by atoms with Gasteiger partial charge in [-0.1, -0.05) is 23.2 Å². The second kappa shape index (κ2) is 7.05. The summed E-state index contributed by atoms with van der Waals surface area (Å²) in [4.78, 5) is 0. The molecule has 0 saturated heterocycles. The second-order valence-corrected chi connectivity index (χ2v) is 8.13. The number of thioether (sulfide) groups is 1. The van der Waals surface area contributed by atoms with Crippen LogP contribution in [0.4, 0.5) is 0 Å². The van der Waals surface area contributed by atoms with Gasteiger partial charge < -0.3 is 9.84 Å². The van der Waals surface area contributed by atoms with Gasteiger partial charge in [-0.05, 0) is 49.3 Å². The maximum absolute atomic E-state index is 10.3. The Morgan fingerprint density at radius 1 is 1.31 bits per heavy atom.